The molecule has 0 spiro atoms. The van der Waals surface area contributed by atoms with Gasteiger partial charge in [0.05, 0.1) is 0 Å². The number of nitrogens with zero attached hydrogens (tertiary/aromatic N) is 1. The van der Waals surface area contributed by atoms with E-state index in [-0.39, 0.29) is 5.91 Å². The van der Waals surface area contributed by atoms with Crippen LogP contribution in [0.4, 0.5) is 5.69 Å². The maximum absolute atomic E-state index is 12.0. The number of carbonyl (C=O) groups is 1. The molecule has 0 aliphatic carbocycles. The Hall–Kier alpha value is -1.03. The van der Waals surface area contributed by atoms with Gasteiger partial charge in [-0.1, -0.05) is 22.0 Å². The Morgan fingerprint density at radius 3 is 2.74 bits per heavy atom. The molecule has 3 nitrogen and oxygen atoms in total. The molecule has 1 aromatic carbocycles. The number of aryl methyl sites for hydroxylation is 1. The van der Waals surface area contributed by atoms with Crippen molar-refractivity contribution in [3.05, 3.63) is 28.2 Å². The average Bonchev–Trinajstić information content (AvgIpc) is 2.43. The molecular weight excluding hydrogens is 304 g/mol. The molecule has 4 heteroatoms. The summed E-state index contributed by atoms with van der Waals surface area (Å²) in [5.74, 6) is 0.276. The third kappa shape index (κ3) is 4.23. The number of hydrogen-bond acceptors (Lipinski definition) is 2. The van der Waals surface area contributed by atoms with Gasteiger partial charge in [-0.25, -0.2) is 0 Å². The third-order valence-corrected chi connectivity index (χ3v) is 4.40. The van der Waals surface area contributed by atoms with E-state index in [0.717, 1.165) is 36.1 Å². The molecule has 0 radical (unpaired) electrons. The zero-order valence-corrected chi connectivity index (χ0v) is 13.0. The Labute approximate surface area is 123 Å². The monoisotopic (exact) mass is 324 g/mol. The molecule has 1 N–H and O–H groups in total. The summed E-state index contributed by atoms with van der Waals surface area (Å²) in [5.41, 5.74) is 2.28. The Kier molecular flexibility index (Phi) is 5.25. The first-order valence-corrected chi connectivity index (χ1v) is 7.74. The summed E-state index contributed by atoms with van der Waals surface area (Å²) in [7, 11) is 0. The minimum Gasteiger partial charge on any atom is -0.384 e. The Bertz CT molecular complexity index is 442. The molecule has 0 saturated carbocycles. The van der Waals surface area contributed by atoms with Gasteiger partial charge in [-0.15, -0.1) is 0 Å². The van der Waals surface area contributed by atoms with Crippen molar-refractivity contribution in [3.8, 4) is 0 Å². The molecule has 1 aliphatic rings. The second kappa shape index (κ2) is 6.94. The highest BCUT2D eigenvalue weighted by Gasteiger charge is 2.15. The van der Waals surface area contributed by atoms with Crippen LogP contribution in [0.15, 0.2) is 22.7 Å². The third-order valence-electron chi connectivity index (χ3n) is 3.55. The van der Waals surface area contributed by atoms with Crippen LogP contribution in [0.2, 0.25) is 0 Å². The first-order chi connectivity index (χ1) is 9.16. The summed E-state index contributed by atoms with van der Waals surface area (Å²) in [4.78, 5) is 14.0. The Morgan fingerprint density at radius 1 is 1.32 bits per heavy atom. The molecule has 1 saturated heterocycles. The van der Waals surface area contributed by atoms with E-state index in [1.807, 2.05) is 11.0 Å². The van der Waals surface area contributed by atoms with Gasteiger partial charge in [-0.3, -0.25) is 4.79 Å². The number of piperidine rings is 1. The largest absolute Gasteiger partial charge is 0.384 e. The molecule has 1 heterocycles. The molecule has 0 unspecified atom stereocenters. The molecule has 2 rings (SSSR count). The van der Waals surface area contributed by atoms with Crippen LogP contribution >= 0.6 is 15.9 Å². The van der Waals surface area contributed by atoms with Crippen LogP contribution in [0.5, 0.6) is 0 Å². The van der Waals surface area contributed by atoms with Gasteiger partial charge in [0.25, 0.3) is 0 Å². The number of hydrogen-bond donors (Lipinski definition) is 1. The standard InChI is InChI=1S/C15H21BrN2O/c1-12-5-6-13(11-14(12)16)17-8-7-15(19)18-9-3-2-4-10-18/h5-6,11,17H,2-4,7-10H2,1H3. The molecule has 19 heavy (non-hydrogen) atoms. The molecule has 0 atom stereocenters. The fraction of sp³-hybridized carbons (Fsp3) is 0.533. The summed E-state index contributed by atoms with van der Waals surface area (Å²) in [6.45, 7) is 4.64. The van der Waals surface area contributed by atoms with Crippen molar-refractivity contribution in [2.75, 3.05) is 25.0 Å². The summed E-state index contributed by atoms with van der Waals surface area (Å²) in [6.07, 6.45) is 4.15. The van der Waals surface area contributed by atoms with Gasteiger partial charge in [0, 0.05) is 36.2 Å². The van der Waals surface area contributed by atoms with Gasteiger partial charge in [0.1, 0.15) is 0 Å². The molecule has 1 fully saturated rings. The Morgan fingerprint density at radius 2 is 2.05 bits per heavy atom. The van der Waals surface area contributed by atoms with Crippen molar-refractivity contribution in [1.29, 1.82) is 0 Å². The molecule has 0 aromatic heterocycles. The van der Waals surface area contributed by atoms with Crippen LogP contribution in [0.25, 0.3) is 0 Å². The van der Waals surface area contributed by atoms with Crippen molar-refractivity contribution < 1.29 is 4.79 Å². The highest BCUT2D eigenvalue weighted by Crippen LogP contribution is 2.20. The van der Waals surface area contributed by atoms with Crippen LogP contribution in [-0.4, -0.2) is 30.4 Å². The zero-order chi connectivity index (χ0) is 13.7. The van der Waals surface area contributed by atoms with Gasteiger partial charge in [-0.05, 0) is 43.9 Å². The molecule has 0 bridgehead atoms. The SMILES string of the molecule is Cc1ccc(NCCC(=O)N2CCCCC2)cc1Br. The quantitative estimate of drug-likeness (QED) is 0.918. The van der Waals surface area contributed by atoms with Crippen molar-refractivity contribution in [3.63, 3.8) is 0 Å². The fourth-order valence-corrected chi connectivity index (χ4v) is 2.70. The lowest BCUT2D eigenvalue weighted by Crippen LogP contribution is -2.36. The van der Waals surface area contributed by atoms with Gasteiger partial charge >= 0.3 is 0 Å². The van der Waals surface area contributed by atoms with E-state index in [1.54, 1.807) is 0 Å². The number of anilines is 1. The van der Waals surface area contributed by atoms with Crippen LogP contribution in [-0.2, 0) is 4.79 Å². The van der Waals surface area contributed by atoms with E-state index < -0.39 is 0 Å². The summed E-state index contributed by atoms with van der Waals surface area (Å²) < 4.78 is 1.10. The number of halogens is 1. The average molecular weight is 325 g/mol. The van der Waals surface area contributed by atoms with Gasteiger partial charge < -0.3 is 10.2 Å². The minimum atomic E-state index is 0.276. The molecule has 1 amide bonds. The van der Waals surface area contributed by atoms with E-state index in [1.165, 1.54) is 12.0 Å². The van der Waals surface area contributed by atoms with Gasteiger partial charge in [-0.2, -0.15) is 0 Å². The second-order valence-electron chi connectivity index (χ2n) is 5.08. The van der Waals surface area contributed by atoms with Crippen LogP contribution in [0.3, 0.4) is 0 Å². The lowest BCUT2D eigenvalue weighted by molar-refractivity contribution is -0.131. The maximum atomic E-state index is 12.0. The lowest BCUT2D eigenvalue weighted by Gasteiger charge is -2.26. The molecular formula is C15H21BrN2O. The van der Waals surface area contributed by atoms with E-state index in [9.17, 15) is 4.79 Å². The predicted octanol–water partition coefficient (Wildman–Crippen LogP) is 3.57. The van der Waals surface area contributed by atoms with E-state index >= 15 is 0 Å². The topological polar surface area (TPSA) is 32.3 Å². The van der Waals surface area contributed by atoms with Crippen molar-refractivity contribution in [2.45, 2.75) is 32.6 Å². The number of rotatable bonds is 4. The smallest absolute Gasteiger partial charge is 0.224 e. The highest BCUT2D eigenvalue weighted by molar-refractivity contribution is 9.10. The number of nitrogens with one attached hydrogen (secondary N) is 1. The normalized spacial score (nSPS) is 15.4. The summed E-state index contributed by atoms with van der Waals surface area (Å²) >= 11 is 3.51. The van der Waals surface area contributed by atoms with Crippen LogP contribution in [0.1, 0.15) is 31.2 Å². The summed E-state index contributed by atoms with van der Waals surface area (Å²) in [6, 6.07) is 6.17. The zero-order valence-electron chi connectivity index (χ0n) is 11.4. The predicted molar refractivity (Wildman–Crippen MR) is 82.4 cm³/mol. The van der Waals surface area contributed by atoms with Crippen LogP contribution in [0, 0.1) is 6.92 Å². The van der Waals surface area contributed by atoms with E-state index in [2.05, 4.69) is 40.3 Å². The second-order valence-corrected chi connectivity index (χ2v) is 5.94. The number of likely N-dealkylation sites (tertiary alicyclic amines) is 1. The highest BCUT2D eigenvalue weighted by atomic mass is 79.9. The van der Waals surface area contributed by atoms with Crippen molar-refractivity contribution >= 4 is 27.5 Å². The lowest BCUT2D eigenvalue weighted by atomic mass is 10.1. The Balaban J connectivity index is 1.76. The van der Waals surface area contributed by atoms with Crippen molar-refractivity contribution in [2.24, 2.45) is 0 Å². The first kappa shape index (κ1) is 14.4. The maximum Gasteiger partial charge on any atom is 0.224 e. The fourth-order valence-electron chi connectivity index (χ4n) is 2.32. The number of amides is 1. The molecule has 1 aliphatic heterocycles. The molecule has 104 valence electrons. The number of benzene rings is 1. The number of carbonyl (C=O) groups excluding carboxylic acids is 1. The van der Waals surface area contributed by atoms with E-state index in [4.69, 9.17) is 0 Å². The van der Waals surface area contributed by atoms with Crippen LogP contribution < -0.4 is 5.32 Å². The van der Waals surface area contributed by atoms with E-state index in [0.29, 0.717) is 13.0 Å². The first-order valence-electron chi connectivity index (χ1n) is 6.94. The molecule has 1 aromatic rings. The van der Waals surface area contributed by atoms with Crippen molar-refractivity contribution in [1.82, 2.24) is 4.90 Å². The summed E-state index contributed by atoms with van der Waals surface area (Å²) in [5, 5.41) is 3.31. The minimum absolute atomic E-state index is 0.276. The van der Waals surface area contributed by atoms with Gasteiger partial charge in [0.15, 0.2) is 0 Å². The van der Waals surface area contributed by atoms with Gasteiger partial charge in [0.2, 0.25) is 5.91 Å².